The molecule has 17 heavy (non-hydrogen) atoms. The Labute approximate surface area is 100 Å². The lowest BCUT2D eigenvalue weighted by Crippen LogP contribution is -2.03. The molecule has 1 saturated carbocycles. The van der Waals surface area contributed by atoms with E-state index >= 15 is 0 Å². The number of oxime groups is 2. The van der Waals surface area contributed by atoms with E-state index in [1.54, 1.807) is 0 Å². The molecular formula is C13H16N2O2. The zero-order chi connectivity index (χ0) is 12.1. The fraction of sp³-hybridized carbons (Fsp3) is 0.385. The molecule has 0 aliphatic heterocycles. The summed E-state index contributed by atoms with van der Waals surface area (Å²) in [5.74, 6) is 0.671. The van der Waals surface area contributed by atoms with Gasteiger partial charge in [0.05, 0.1) is 6.21 Å². The first-order chi connectivity index (χ1) is 8.35. The minimum Gasteiger partial charge on any atom is -0.411 e. The van der Waals surface area contributed by atoms with Crippen molar-refractivity contribution in [3.63, 3.8) is 0 Å². The van der Waals surface area contributed by atoms with Gasteiger partial charge in [-0.2, -0.15) is 0 Å². The molecule has 1 aliphatic rings. The van der Waals surface area contributed by atoms with Gasteiger partial charge in [0.15, 0.2) is 0 Å². The first-order valence-electron chi connectivity index (χ1n) is 5.85. The summed E-state index contributed by atoms with van der Waals surface area (Å²) in [7, 11) is 0. The van der Waals surface area contributed by atoms with E-state index in [0.717, 1.165) is 11.8 Å². The van der Waals surface area contributed by atoms with Crippen LogP contribution in [0.1, 0.15) is 42.7 Å². The average Bonchev–Trinajstić information content (AvgIpc) is 2.90. The highest BCUT2D eigenvalue weighted by molar-refractivity contribution is 6.37. The number of hydrogen-bond donors (Lipinski definition) is 2. The van der Waals surface area contributed by atoms with Gasteiger partial charge < -0.3 is 10.4 Å². The van der Waals surface area contributed by atoms with Crippen LogP contribution in [0.15, 0.2) is 34.6 Å². The zero-order valence-electron chi connectivity index (χ0n) is 9.58. The highest BCUT2D eigenvalue weighted by Crippen LogP contribution is 2.33. The van der Waals surface area contributed by atoms with Crippen molar-refractivity contribution >= 4 is 11.9 Å². The number of benzene rings is 1. The molecule has 0 saturated heterocycles. The van der Waals surface area contributed by atoms with Crippen molar-refractivity contribution in [2.75, 3.05) is 0 Å². The minimum atomic E-state index is 0.255. The van der Waals surface area contributed by atoms with Gasteiger partial charge in [0.1, 0.15) is 5.71 Å². The van der Waals surface area contributed by atoms with Crippen molar-refractivity contribution in [2.24, 2.45) is 10.3 Å². The van der Waals surface area contributed by atoms with Crippen molar-refractivity contribution in [1.29, 1.82) is 0 Å². The van der Waals surface area contributed by atoms with Crippen molar-refractivity contribution in [3.05, 3.63) is 35.4 Å². The standard InChI is InChI=1S/C13H16N2O2/c16-14-9-13(15-17)12-7-5-11(6-8-12)10-3-1-2-4-10/h5-10,16-17H,1-4H2/b14-9-,15-13+. The topological polar surface area (TPSA) is 65.2 Å². The Balaban J connectivity index is 2.17. The minimum absolute atomic E-state index is 0.255. The Morgan fingerprint density at radius 3 is 2.29 bits per heavy atom. The second-order valence-corrected chi connectivity index (χ2v) is 4.33. The van der Waals surface area contributed by atoms with Gasteiger partial charge in [-0.3, -0.25) is 0 Å². The van der Waals surface area contributed by atoms with Crippen molar-refractivity contribution in [2.45, 2.75) is 31.6 Å². The van der Waals surface area contributed by atoms with Crippen molar-refractivity contribution in [1.82, 2.24) is 0 Å². The van der Waals surface area contributed by atoms with E-state index in [2.05, 4.69) is 22.4 Å². The van der Waals surface area contributed by atoms with Gasteiger partial charge in [0.2, 0.25) is 0 Å². The van der Waals surface area contributed by atoms with Crippen LogP contribution in [0.25, 0.3) is 0 Å². The van der Waals surface area contributed by atoms with Gasteiger partial charge in [-0.05, 0) is 24.3 Å². The van der Waals surface area contributed by atoms with E-state index in [4.69, 9.17) is 10.4 Å². The summed E-state index contributed by atoms with van der Waals surface area (Å²) in [5.41, 5.74) is 2.34. The van der Waals surface area contributed by atoms with Crippen LogP contribution in [0, 0.1) is 0 Å². The summed E-state index contributed by atoms with van der Waals surface area (Å²) in [6.07, 6.45) is 6.27. The van der Waals surface area contributed by atoms with Crippen LogP contribution in [0.5, 0.6) is 0 Å². The average molecular weight is 232 g/mol. The highest BCUT2D eigenvalue weighted by Gasteiger charge is 2.16. The Hall–Kier alpha value is -1.84. The summed E-state index contributed by atoms with van der Waals surface area (Å²) in [6, 6.07) is 7.90. The predicted octanol–water partition coefficient (Wildman–Crippen LogP) is 2.98. The van der Waals surface area contributed by atoms with Crippen LogP contribution in [-0.2, 0) is 0 Å². The molecule has 0 spiro atoms. The Kier molecular flexibility index (Phi) is 3.75. The van der Waals surface area contributed by atoms with Crippen LogP contribution < -0.4 is 0 Å². The molecule has 4 nitrogen and oxygen atoms in total. The summed E-state index contributed by atoms with van der Waals surface area (Å²) in [6.45, 7) is 0. The summed E-state index contributed by atoms with van der Waals surface area (Å²) in [5, 5.41) is 23.2. The van der Waals surface area contributed by atoms with Crippen LogP contribution in [0.4, 0.5) is 0 Å². The molecule has 1 aliphatic carbocycles. The third kappa shape index (κ3) is 2.64. The molecule has 0 amide bonds. The third-order valence-corrected chi connectivity index (χ3v) is 3.32. The summed E-state index contributed by atoms with van der Waals surface area (Å²) >= 11 is 0. The summed E-state index contributed by atoms with van der Waals surface area (Å²) < 4.78 is 0. The molecule has 1 aromatic carbocycles. The van der Waals surface area contributed by atoms with Crippen LogP contribution in [-0.4, -0.2) is 22.3 Å². The smallest absolute Gasteiger partial charge is 0.131 e. The predicted molar refractivity (Wildman–Crippen MR) is 66.3 cm³/mol. The van der Waals surface area contributed by atoms with E-state index in [0.29, 0.717) is 5.92 Å². The lowest BCUT2D eigenvalue weighted by molar-refractivity contribution is 0.316. The van der Waals surface area contributed by atoms with E-state index in [9.17, 15) is 0 Å². The molecule has 0 atom stereocenters. The molecular weight excluding hydrogens is 216 g/mol. The molecule has 0 aromatic heterocycles. The summed E-state index contributed by atoms with van der Waals surface area (Å²) in [4.78, 5) is 0. The molecule has 2 N–H and O–H groups in total. The number of hydrogen-bond acceptors (Lipinski definition) is 4. The van der Waals surface area contributed by atoms with Gasteiger partial charge in [-0.25, -0.2) is 0 Å². The van der Waals surface area contributed by atoms with Gasteiger partial charge in [-0.15, -0.1) is 0 Å². The number of nitrogens with zero attached hydrogens (tertiary/aromatic N) is 2. The molecule has 0 bridgehead atoms. The molecule has 90 valence electrons. The van der Waals surface area contributed by atoms with Gasteiger partial charge in [0, 0.05) is 5.56 Å². The van der Waals surface area contributed by atoms with Gasteiger partial charge in [-0.1, -0.05) is 47.4 Å². The van der Waals surface area contributed by atoms with E-state index in [1.165, 1.54) is 31.2 Å². The van der Waals surface area contributed by atoms with Crippen LogP contribution >= 0.6 is 0 Å². The molecule has 1 fully saturated rings. The third-order valence-electron chi connectivity index (χ3n) is 3.32. The quantitative estimate of drug-likeness (QED) is 0.478. The lowest BCUT2D eigenvalue weighted by atomic mass is 9.96. The molecule has 0 radical (unpaired) electrons. The fourth-order valence-corrected chi connectivity index (χ4v) is 2.40. The maximum Gasteiger partial charge on any atom is 0.131 e. The van der Waals surface area contributed by atoms with Crippen LogP contribution in [0.3, 0.4) is 0 Å². The van der Waals surface area contributed by atoms with Gasteiger partial charge >= 0.3 is 0 Å². The lowest BCUT2D eigenvalue weighted by Gasteiger charge is -2.09. The largest absolute Gasteiger partial charge is 0.411 e. The monoisotopic (exact) mass is 232 g/mol. The molecule has 0 heterocycles. The Morgan fingerprint density at radius 1 is 1.12 bits per heavy atom. The van der Waals surface area contributed by atoms with Crippen LogP contribution in [0.2, 0.25) is 0 Å². The molecule has 1 aromatic rings. The first kappa shape index (κ1) is 11.6. The number of rotatable bonds is 3. The SMILES string of the molecule is O/N=C\C(=N/O)c1ccc(C2CCCC2)cc1. The Bertz CT molecular complexity index is 418. The zero-order valence-corrected chi connectivity index (χ0v) is 9.58. The Morgan fingerprint density at radius 2 is 1.76 bits per heavy atom. The molecule has 0 unspecified atom stereocenters. The van der Waals surface area contributed by atoms with Crippen molar-refractivity contribution < 1.29 is 10.4 Å². The van der Waals surface area contributed by atoms with E-state index in [-0.39, 0.29) is 5.71 Å². The molecule has 2 rings (SSSR count). The second-order valence-electron chi connectivity index (χ2n) is 4.33. The maximum atomic E-state index is 8.78. The normalized spacial score (nSPS) is 18.0. The van der Waals surface area contributed by atoms with Crippen molar-refractivity contribution in [3.8, 4) is 0 Å². The maximum absolute atomic E-state index is 8.78. The highest BCUT2D eigenvalue weighted by atomic mass is 16.4. The first-order valence-corrected chi connectivity index (χ1v) is 5.85. The van der Waals surface area contributed by atoms with E-state index < -0.39 is 0 Å². The van der Waals surface area contributed by atoms with E-state index in [1.807, 2.05) is 12.1 Å². The van der Waals surface area contributed by atoms with Gasteiger partial charge in [0.25, 0.3) is 0 Å². The fourth-order valence-electron chi connectivity index (χ4n) is 2.40. The second kappa shape index (κ2) is 5.48. The molecule has 4 heteroatoms.